The summed E-state index contributed by atoms with van der Waals surface area (Å²) in [6.45, 7) is 4.29. The fraction of sp³-hybridized carbons (Fsp3) is 0.500. The van der Waals surface area contributed by atoms with Crippen LogP contribution in [0, 0.1) is 11.7 Å². The summed E-state index contributed by atoms with van der Waals surface area (Å²) in [5.41, 5.74) is 4.82. The summed E-state index contributed by atoms with van der Waals surface area (Å²) in [6.07, 6.45) is 7.38. The lowest BCUT2D eigenvalue weighted by Gasteiger charge is -2.32. The summed E-state index contributed by atoms with van der Waals surface area (Å²) in [4.78, 5) is 15.2. The summed E-state index contributed by atoms with van der Waals surface area (Å²) >= 11 is 5.85. The number of piperidine rings is 1. The number of nitrogens with zero attached hydrogens (tertiary/aromatic N) is 1. The van der Waals surface area contributed by atoms with E-state index < -0.39 is 0 Å². The van der Waals surface area contributed by atoms with Crippen LogP contribution in [0.1, 0.15) is 67.3 Å². The Bertz CT molecular complexity index is 924. The topological polar surface area (TPSA) is 32.3 Å². The van der Waals surface area contributed by atoms with Crippen molar-refractivity contribution in [2.24, 2.45) is 5.92 Å². The first-order valence-corrected chi connectivity index (χ1v) is 12.0. The molecule has 2 aliphatic rings. The first kappa shape index (κ1) is 22.3. The molecule has 1 unspecified atom stereocenters. The molecule has 1 heterocycles. The number of hydrogen-bond acceptors (Lipinski definition) is 2. The molecule has 1 saturated heterocycles. The van der Waals surface area contributed by atoms with Gasteiger partial charge in [-0.2, -0.15) is 0 Å². The fourth-order valence-electron chi connectivity index (χ4n) is 4.92. The Hall–Kier alpha value is -1.91. The number of carbonyl (C=O) groups is 1. The van der Waals surface area contributed by atoms with Crippen molar-refractivity contribution in [3.63, 3.8) is 0 Å². The molecule has 166 valence electrons. The van der Waals surface area contributed by atoms with Crippen molar-refractivity contribution in [1.82, 2.24) is 10.2 Å². The molecule has 1 amide bonds. The van der Waals surface area contributed by atoms with E-state index in [9.17, 15) is 9.18 Å². The molecule has 1 aliphatic carbocycles. The third-order valence-corrected chi connectivity index (χ3v) is 7.10. The Kier molecular flexibility index (Phi) is 7.29. The maximum absolute atomic E-state index is 14.1. The first-order valence-electron chi connectivity index (χ1n) is 11.6. The number of hydrogen-bond donors (Lipinski definition) is 1. The van der Waals surface area contributed by atoms with Crippen molar-refractivity contribution in [2.75, 3.05) is 13.1 Å². The van der Waals surface area contributed by atoms with Gasteiger partial charge in [0.25, 0.3) is 0 Å². The third-order valence-electron chi connectivity index (χ3n) is 6.87. The van der Waals surface area contributed by atoms with Crippen LogP contribution in [0.4, 0.5) is 4.39 Å². The van der Waals surface area contributed by atoms with Crippen LogP contribution in [0.25, 0.3) is 0 Å². The van der Waals surface area contributed by atoms with Crippen LogP contribution in [0.5, 0.6) is 0 Å². The van der Waals surface area contributed by atoms with Crippen molar-refractivity contribution in [3.8, 4) is 0 Å². The van der Waals surface area contributed by atoms with E-state index in [4.69, 9.17) is 11.6 Å². The number of rotatable bonds is 6. The highest BCUT2D eigenvalue weighted by atomic mass is 35.5. The molecule has 4 rings (SSSR count). The second-order valence-electron chi connectivity index (χ2n) is 8.99. The highest BCUT2D eigenvalue weighted by Crippen LogP contribution is 2.27. The molecular formula is C26H32ClFN2O. The number of nitrogens with one attached hydrogen (secondary N) is 1. The Balaban J connectivity index is 1.31. The van der Waals surface area contributed by atoms with E-state index in [2.05, 4.69) is 35.3 Å². The number of halogens is 2. The Morgan fingerprint density at radius 2 is 1.87 bits per heavy atom. The van der Waals surface area contributed by atoms with Gasteiger partial charge in [0.05, 0.1) is 6.04 Å². The van der Waals surface area contributed by atoms with Gasteiger partial charge in [-0.25, -0.2) is 4.39 Å². The molecule has 0 radical (unpaired) electrons. The smallest absolute Gasteiger partial charge is 0.223 e. The lowest BCUT2D eigenvalue weighted by atomic mass is 9.88. The average molecular weight is 443 g/mol. The van der Waals surface area contributed by atoms with Crippen molar-refractivity contribution >= 4 is 17.5 Å². The van der Waals surface area contributed by atoms with E-state index in [0.717, 1.165) is 38.8 Å². The lowest BCUT2D eigenvalue weighted by Crippen LogP contribution is -2.41. The molecule has 5 heteroatoms. The summed E-state index contributed by atoms with van der Waals surface area (Å²) < 4.78 is 14.1. The maximum atomic E-state index is 14.1. The van der Waals surface area contributed by atoms with Crippen LogP contribution < -0.4 is 5.32 Å². The zero-order valence-corrected chi connectivity index (χ0v) is 19.1. The number of fused-ring (bicyclic) bond motifs is 1. The predicted molar refractivity (Wildman–Crippen MR) is 124 cm³/mol. The van der Waals surface area contributed by atoms with Crippen molar-refractivity contribution in [3.05, 3.63) is 69.5 Å². The zero-order chi connectivity index (χ0) is 21.8. The van der Waals surface area contributed by atoms with Crippen LogP contribution in [0.15, 0.2) is 36.4 Å². The molecule has 0 spiro atoms. The molecule has 2 aromatic carbocycles. The largest absolute Gasteiger partial charge is 0.349 e. The van der Waals surface area contributed by atoms with Crippen molar-refractivity contribution < 1.29 is 9.18 Å². The molecule has 3 nitrogen and oxygen atoms in total. The first-order chi connectivity index (χ1) is 15.0. The van der Waals surface area contributed by atoms with Gasteiger partial charge in [-0.15, -0.1) is 0 Å². The predicted octanol–water partition coefficient (Wildman–Crippen LogP) is 5.84. The summed E-state index contributed by atoms with van der Waals surface area (Å²) in [6, 6.07) is 11.7. The number of amides is 1. The lowest BCUT2D eigenvalue weighted by molar-refractivity contribution is -0.127. The van der Waals surface area contributed by atoms with Gasteiger partial charge in [0.1, 0.15) is 5.82 Å². The Labute approximate surface area is 190 Å². The Morgan fingerprint density at radius 1 is 1.13 bits per heavy atom. The van der Waals surface area contributed by atoms with Gasteiger partial charge in [0.15, 0.2) is 0 Å². The molecule has 1 atom stereocenters. The summed E-state index contributed by atoms with van der Waals surface area (Å²) in [5.74, 6) is -0.0805. The van der Waals surface area contributed by atoms with Gasteiger partial charge < -0.3 is 5.32 Å². The molecule has 1 fully saturated rings. The molecule has 1 aliphatic heterocycles. The fourth-order valence-corrected chi connectivity index (χ4v) is 5.08. The molecule has 31 heavy (non-hydrogen) atoms. The minimum Gasteiger partial charge on any atom is -0.349 e. The minimum absolute atomic E-state index is 0.0259. The molecular weight excluding hydrogens is 411 g/mol. The highest BCUT2D eigenvalue weighted by Gasteiger charge is 2.27. The van der Waals surface area contributed by atoms with E-state index >= 15 is 0 Å². The third kappa shape index (κ3) is 5.48. The zero-order valence-electron chi connectivity index (χ0n) is 18.3. The monoisotopic (exact) mass is 442 g/mol. The maximum Gasteiger partial charge on any atom is 0.223 e. The van der Waals surface area contributed by atoms with Gasteiger partial charge in [-0.1, -0.05) is 42.8 Å². The van der Waals surface area contributed by atoms with E-state index in [1.807, 2.05) is 0 Å². The van der Waals surface area contributed by atoms with Crippen molar-refractivity contribution in [2.45, 2.75) is 64.5 Å². The molecule has 0 bridgehead atoms. The van der Waals surface area contributed by atoms with E-state index in [1.165, 1.54) is 42.0 Å². The van der Waals surface area contributed by atoms with Gasteiger partial charge in [-0.05, 0) is 86.9 Å². The average Bonchev–Trinajstić information content (AvgIpc) is 2.79. The molecule has 1 N–H and O–H groups in total. The van der Waals surface area contributed by atoms with Crippen LogP contribution >= 0.6 is 11.6 Å². The Morgan fingerprint density at radius 3 is 2.58 bits per heavy atom. The van der Waals surface area contributed by atoms with Crippen LogP contribution in [-0.2, 0) is 24.2 Å². The van der Waals surface area contributed by atoms with Crippen molar-refractivity contribution in [1.29, 1.82) is 0 Å². The number of aryl methyl sites for hydroxylation is 2. The van der Waals surface area contributed by atoms with Gasteiger partial charge in [0, 0.05) is 23.0 Å². The SMILES string of the molecule is CCC(NC(=O)C1CCN(Cc2ccc(Cl)cc2F)CC1)c1ccc2c(c1)CCCC2. The molecule has 0 saturated carbocycles. The number of benzene rings is 2. The number of carbonyl (C=O) groups excluding carboxylic acids is 1. The van der Waals surface area contributed by atoms with Gasteiger partial charge in [0.2, 0.25) is 5.91 Å². The quantitative estimate of drug-likeness (QED) is 0.609. The van der Waals surface area contributed by atoms with Gasteiger partial charge >= 0.3 is 0 Å². The van der Waals surface area contributed by atoms with E-state index in [0.29, 0.717) is 17.1 Å². The van der Waals surface area contributed by atoms with Crippen LogP contribution in [0.3, 0.4) is 0 Å². The number of likely N-dealkylation sites (tertiary alicyclic amines) is 1. The second kappa shape index (κ2) is 10.1. The minimum atomic E-state index is -0.261. The van der Waals surface area contributed by atoms with E-state index in [1.54, 1.807) is 12.1 Å². The van der Waals surface area contributed by atoms with Crippen LogP contribution in [0.2, 0.25) is 5.02 Å². The molecule has 0 aromatic heterocycles. The van der Waals surface area contributed by atoms with E-state index in [-0.39, 0.29) is 23.7 Å². The van der Waals surface area contributed by atoms with Gasteiger partial charge in [-0.3, -0.25) is 9.69 Å². The summed E-state index contributed by atoms with van der Waals surface area (Å²) in [7, 11) is 0. The highest BCUT2D eigenvalue weighted by molar-refractivity contribution is 6.30. The van der Waals surface area contributed by atoms with Crippen LogP contribution in [-0.4, -0.2) is 23.9 Å². The molecule has 2 aromatic rings. The second-order valence-corrected chi connectivity index (χ2v) is 9.43. The normalized spacial score (nSPS) is 18.4. The summed E-state index contributed by atoms with van der Waals surface area (Å²) in [5, 5.41) is 3.72. The standard InChI is InChI=1S/C26H32ClFN2O/c1-2-25(21-8-7-18-5-3-4-6-20(18)15-21)29-26(31)19-11-13-30(14-12-19)17-22-9-10-23(27)16-24(22)28/h7-10,15-16,19,25H,2-6,11-14,17H2,1H3,(H,29,31).